The second-order valence-electron chi connectivity index (χ2n) is 7.74. The molecule has 0 spiro atoms. The maximum absolute atomic E-state index is 13.5. The third-order valence-electron chi connectivity index (χ3n) is 5.48. The van der Waals surface area contributed by atoms with E-state index in [4.69, 9.17) is 9.97 Å². The average molecular weight is 427 g/mol. The number of hydrogen-bond donors (Lipinski definition) is 0. The summed E-state index contributed by atoms with van der Waals surface area (Å²) >= 11 is 1.54. The molecule has 5 nitrogen and oxygen atoms in total. The van der Waals surface area contributed by atoms with Gasteiger partial charge in [-0.3, -0.25) is 9.36 Å². The van der Waals surface area contributed by atoms with Gasteiger partial charge in [0.1, 0.15) is 5.65 Å². The number of hydrogen-bond acceptors (Lipinski definition) is 4. The van der Waals surface area contributed by atoms with E-state index in [1.165, 1.54) is 11.8 Å². The Morgan fingerprint density at radius 3 is 2.39 bits per heavy atom. The molecular formula is C25H22N4OS. The van der Waals surface area contributed by atoms with Crippen LogP contribution >= 0.6 is 11.8 Å². The number of pyridine rings is 1. The van der Waals surface area contributed by atoms with Crippen LogP contribution in [0.2, 0.25) is 0 Å². The normalized spacial score (nSPS) is 11.5. The Morgan fingerprint density at radius 2 is 1.61 bits per heavy atom. The lowest BCUT2D eigenvalue weighted by Crippen LogP contribution is -2.23. The number of aryl methyl sites for hydroxylation is 3. The number of thioether (sulfide) groups is 1. The predicted octanol–water partition coefficient (Wildman–Crippen LogP) is 5.25. The van der Waals surface area contributed by atoms with Gasteiger partial charge in [0.15, 0.2) is 5.16 Å². The Morgan fingerprint density at radius 1 is 0.871 bits per heavy atom. The molecular weight excluding hydrogens is 404 g/mol. The Kier molecular flexibility index (Phi) is 4.87. The fourth-order valence-electron chi connectivity index (χ4n) is 3.98. The van der Waals surface area contributed by atoms with Gasteiger partial charge in [-0.2, -0.15) is 0 Å². The van der Waals surface area contributed by atoms with Crippen LogP contribution in [-0.4, -0.2) is 18.9 Å². The van der Waals surface area contributed by atoms with Crippen LogP contribution < -0.4 is 5.56 Å². The number of nitrogens with zero attached hydrogens (tertiary/aromatic N) is 4. The van der Waals surface area contributed by atoms with Crippen LogP contribution in [0.15, 0.2) is 76.9 Å². The zero-order chi connectivity index (χ0) is 21.5. The molecule has 0 aliphatic heterocycles. The highest BCUT2D eigenvalue weighted by Crippen LogP contribution is 2.27. The molecule has 0 saturated carbocycles. The van der Waals surface area contributed by atoms with Gasteiger partial charge in [0.05, 0.1) is 22.3 Å². The second-order valence-corrected chi connectivity index (χ2v) is 8.68. The number of fused-ring (bicyclic) bond motifs is 2. The van der Waals surface area contributed by atoms with E-state index in [0.717, 1.165) is 33.7 Å². The topological polar surface area (TPSA) is 52.2 Å². The highest BCUT2D eigenvalue weighted by Gasteiger charge is 2.17. The van der Waals surface area contributed by atoms with Crippen LogP contribution in [0.4, 0.5) is 0 Å². The van der Waals surface area contributed by atoms with Crippen LogP contribution in [0.3, 0.4) is 0 Å². The summed E-state index contributed by atoms with van der Waals surface area (Å²) in [6.45, 7) is 6.12. The van der Waals surface area contributed by atoms with Crippen LogP contribution in [-0.2, 0) is 5.75 Å². The molecule has 3 heterocycles. The van der Waals surface area contributed by atoms with Crippen LogP contribution in [0, 0.1) is 20.8 Å². The Hall–Kier alpha value is -3.38. The number of aromatic nitrogens is 4. The maximum atomic E-state index is 13.5. The molecule has 0 saturated heterocycles. The first-order chi connectivity index (χ1) is 15.0. The molecule has 0 aliphatic rings. The largest absolute Gasteiger partial charge is 0.307 e. The van der Waals surface area contributed by atoms with Gasteiger partial charge in [-0.05, 0) is 55.7 Å². The summed E-state index contributed by atoms with van der Waals surface area (Å²) < 4.78 is 3.80. The fraction of sp³-hybridized carbons (Fsp3) is 0.160. The lowest BCUT2D eigenvalue weighted by Gasteiger charge is -2.17. The van der Waals surface area contributed by atoms with Crippen molar-refractivity contribution in [1.29, 1.82) is 0 Å². The molecule has 5 rings (SSSR count). The highest BCUT2D eigenvalue weighted by atomic mass is 32.2. The molecule has 0 bridgehead atoms. The molecule has 6 heteroatoms. The predicted molar refractivity (Wildman–Crippen MR) is 126 cm³/mol. The molecule has 0 amide bonds. The van der Waals surface area contributed by atoms with E-state index in [0.29, 0.717) is 21.8 Å². The maximum Gasteiger partial charge on any atom is 0.266 e. The van der Waals surface area contributed by atoms with E-state index >= 15 is 0 Å². The van der Waals surface area contributed by atoms with Gasteiger partial charge in [-0.25, -0.2) is 9.97 Å². The number of imidazole rings is 1. The van der Waals surface area contributed by atoms with E-state index in [-0.39, 0.29) is 5.56 Å². The molecule has 2 aromatic carbocycles. The minimum absolute atomic E-state index is 0.0451. The molecule has 0 aliphatic carbocycles. The van der Waals surface area contributed by atoms with Gasteiger partial charge in [0.2, 0.25) is 0 Å². The van der Waals surface area contributed by atoms with Gasteiger partial charge in [0.25, 0.3) is 5.56 Å². The van der Waals surface area contributed by atoms with Crippen LogP contribution in [0.1, 0.15) is 22.4 Å². The van der Waals surface area contributed by atoms with Crippen molar-refractivity contribution >= 4 is 28.3 Å². The van der Waals surface area contributed by atoms with Crippen LogP contribution in [0.25, 0.3) is 22.2 Å². The van der Waals surface area contributed by atoms with Gasteiger partial charge in [-0.15, -0.1) is 0 Å². The number of para-hydroxylation sites is 2. The quantitative estimate of drug-likeness (QED) is 0.291. The molecule has 0 fully saturated rings. The zero-order valence-corrected chi connectivity index (χ0v) is 18.5. The van der Waals surface area contributed by atoms with Crippen molar-refractivity contribution in [2.75, 3.05) is 0 Å². The van der Waals surface area contributed by atoms with Crippen molar-refractivity contribution in [2.45, 2.75) is 31.7 Å². The standard InChI is InChI=1S/C25H22N4OS/c1-16-8-6-9-17(2)22(16)29-24(30)20-11-4-5-12-21(20)27-25(29)31-15-19-14-28-13-7-10-18(3)23(28)26-19/h4-14H,15H2,1-3H3. The third kappa shape index (κ3) is 3.43. The van der Waals surface area contributed by atoms with Gasteiger partial charge in [0, 0.05) is 18.1 Å². The summed E-state index contributed by atoms with van der Waals surface area (Å²) in [5.74, 6) is 0.622. The fourth-order valence-corrected chi connectivity index (χ4v) is 4.86. The summed E-state index contributed by atoms with van der Waals surface area (Å²) in [4.78, 5) is 23.2. The zero-order valence-electron chi connectivity index (χ0n) is 17.7. The van der Waals surface area contributed by atoms with E-state index in [2.05, 4.69) is 13.0 Å². The lowest BCUT2D eigenvalue weighted by atomic mass is 10.1. The summed E-state index contributed by atoms with van der Waals surface area (Å²) in [7, 11) is 0. The number of rotatable bonds is 4. The summed E-state index contributed by atoms with van der Waals surface area (Å²) in [6.07, 6.45) is 4.04. The SMILES string of the molecule is Cc1cccc(C)c1-n1c(SCc2cn3cccc(C)c3n2)nc2ccccc2c1=O. The Labute approximate surface area is 184 Å². The monoisotopic (exact) mass is 426 g/mol. The molecule has 3 aromatic heterocycles. The number of benzene rings is 2. The summed E-state index contributed by atoms with van der Waals surface area (Å²) in [5.41, 5.74) is 6.70. The van der Waals surface area contributed by atoms with Gasteiger partial charge >= 0.3 is 0 Å². The Bertz CT molecular complexity index is 1480. The van der Waals surface area contributed by atoms with Crippen molar-refractivity contribution in [3.05, 3.63) is 99.7 Å². The summed E-state index contributed by atoms with van der Waals surface area (Å²) in [6, 6.07) is 17.7. The van der Waals surface area contributed by atoms with E-state index in [1.807, 2.05) is 79.2 Å². The third-order valence-corrected chi connectivity index (χ3v) is 6.46. The Balaban J connectivity index is 1.65. The molecule has 5 aromatic rings. The van der Waals surface area contributed by atoms with Crippen LogP contribution in [0.5, 0.6) is 0 Å². The minimum atomic E-state index is -0.0451. The van der Waals surface area contributed by atoms with E-state index in [9.17, 15) is 4.79 Å². The first kappa shape index (κ1) is 19.6. The van der Waals surface area contributed by atoms with E-state index < -0.39 is 0 Å². The second kappa shape index (κ2) is 7.71. The first-order valence-corrected chi connectivity index (χ1v) is 11.2. The van der Waals surface area contributed by atoms with Crippen molar-refractivity contribution in [3.63, 3.8) is 0 Å². The van der Waals surface area contributed by atoms with E-state index in [1.54, 1.807) is 4.57 Å². The summed E-state index contributed by atoms with van der Waals surface area (Å²) in [5, 5.41) is 1.30. The first-order valence-electron chi connectivity index (χ1n) is 10.2. The van der Waals surface area contributed by atoms with Crippen molar-refractivity contribution in [3.8, 4) is 5.69 Å². The molecule has 0 N–H and O–H groups in total. The minimum Gasteiger partial charge on any atom is -0.307 e. The van der Waals surface area contributed by atoms with Gasteiger partial charge < -0.3 is 4.40 Å². The van der Waals surface area contributed by atoms with Crippen molar-refractivity contribution in [2.24, 2.45) is 0 Å². The molecule has 0 unspecified atom stereocenters. The highest BCUT2D eigenvalue weighted by molar-refractivity contribution is 7.98. The average Bonchev–Trinajstić information content (AvgIpc) is 3.18. The molecule has 154 valence electrons. The lowest BCUT2D eigenvalue weighted by molar-refractivity contribution is 0.808. The molecule has 0 atom stereocenters. The van der Waals surface area contributed by atoms with Crippen molar-refractivity contribution < 1.29 is 0 Å². The van der Waals surface area contributed by atoms with Crippen molar-refractivity contribution in [1.82, 2.24) is 18.9 Å². The molecule has 0 radical (unpaired) electrons. The van der Waals surface area contributed by atoms with Gasteiger partial charge in [-0.1, -0.05) is 48.2 Å². The molecule has 31 heavy (non-hydrogen) atoms. The smallest absolute Gasteiger partial charge is 0.266 e.